The smallest absolute Gasteiger partial charge is 0.239 e. The van der Waals surface area contributed by atoms with Gasteiger partial charge in [0.2, 0.25) is 5.91 Å². The minimum Gasteiger partial charge on any atom is -0.395 e. The molecular formula is C8H17N2O2. The van der Waals surface area contributed by atoms with Crippen LogP contribution in [0.2, 0.25) is 0 Å². The van der Waals surface area contributed by atoms with Gasteiger partial charge in [-0.15, -0.1) is 0 Å². The molecule has 1 amide bonds. The van der Waals surface area contributed by atoms with Gasteiger partial charge in [0.15, 0.2) is 0 Å². The van der Waals surface area contributed by atoms with E-state index < -0.39 is 6.04 Å². The van der Waals surface area contributed by atoms with Crippen LogP contribution in [0, 0.1) is 5.41 Å². The highest BCUT2D eigenvalue weighted by Gasteiger charge is 2.27. The van der Waals surface area contributed by atoms with Gasteiger partial charge in [-0.1, -0.05) is 20.8 Å². The molecule has 71 valence electrons. The van der Waals surface area contributed by atoms with Crippen LogP contribution in [0.5, 0.6) is 0 Å². The molecule has 0 fully saturated rings. The summed E-state index contributed by atoms with van der Waals surface area (Å²) in [6.07, 6.45) is 0. The fourth-order valence-electron chi connectivity index (χ4n) is 0.674. The number of hydrogen-bond acceptors (Lipinski definition) is 2. The molecule has 0 aliphatic heterocycles. The van der Waals surface area contributed by atoms with Gasteiger partial charge in [-0.3, -0.25) is 4.79 Å². The molecule has 0 aliphatic rings. The summed E-state index contributed by atoms with van der Waals surface area (Å²) >= 11 is 0. The topological polar surface area (TPSA) is 73.1 Å². The largest absolute Gasteiger partial charge is 0.395 e. The quantitative estimate of drug-likeness (QED) is 0.620. The van der Waals surface area contributed by atoms with Gasteiger partial charge in [-0.2, -0.15) is 0 Å². The summed E-state index contributed by atoms with van der Waals surface area (Å²) in [7, 11) is 0. The van der Waals surface area contributed by atoms with E-state index in [-0.39, 0.29) is 24.5 Å². The summed E-state index contributed by atoms with van der Waals surface area (Å²) in [5.41, 5.74) is 7.17. The second-order valence-corrected chi connectivity index (χ2v) is 3.81. The number of aliphatic hydroxyl groups excluding tert-OH is 1. The Bertz CT molecular complexity index is 152. The van der Waals surface area contributed by atoms with Crippen molar-refractivity contribution in [2.45, 2.75) is 26.8 Å². The van der Waals surface area contributed by atoms with Gasteiger partial charge in [0.25, 0.3) is 0 Å². The van der Waals surface area contributed by atoms with Gasteiger partial charge in [0.05, 0.1) is 6.61 Å². The first-order valence-electron chi connectivity index (χ1n) is 3.99. The first-order valence-corrected chi connectivity index (χ1v) is 3.99. The molecule has 0 spiro atoms. The Kier molecular flexibility index (Phi) is 4.20. The van der Waals surface area contributed by atoms with Crippen molar-refractivity contribution in [1.82, 2.24) is 11.1 Å². The molecule has 1 atom stereocenters. The normalized spacial score (nSPS) is 14.1. The standard InChI is InChI=1S/C8H17N2O2/c1-8(2,3)6(9)7(12)10-4-5-11/h6,9,11H,4-5H2,1-3H3,(H,10,12). The highest BCUT2D eigenvalue weighted by molar-refractivity contribution is 5.82. The number of nitrogens with one attached hydrogen (secondary N) is 2. The molecule has 0 saturated heterocycles. The Hall–Kier alpha value is -0.610. The predicted molar refractivity (Wildman–Crippen MR) is 46.4 cm³/mol. The van der Waals surface area contributed by atoms with E-state index in [2.05, 4.69) is 5.32 Å². The van der Waals surface area contributed by atoms with Gasteiger partial charge in [0, 0.05) is 6.54 Å². The van der Waals surface area contributed by atoms with Crippen LogP contribution in [0.25, 0.3) is 0 Å². The average molecular weight is 173 g/mol. The Morgan fingerprint density at radius 2 is 2.08 bits per heavy atom. The van der Waals surface area contributed by atoms with Crippen molar-refractivity contribution in [1.29, 1.82) is 0 Å². The maximum Gasteiger partial charge on any atom is 0.239 e. The zero-order valence-corrected chi connectivity index (χ0v) is 7.85. The van der Waals surface area contributed by atoms with E-state index in [0.717, 1.165) is 0 Å². The fourth-order valence-corrected chi connectivity index (χ4v) is 0.674. The van der Waals surface area contributed by atoms with E-state index in [9.17, 15) is 4.79 Å². The van der Waals surface area contributed by atoms with Crippen LogP contribution in [0.1, 0.15) is 20.8 Å². The van der Waals surface area contributed by atoms with Gasteiger partial charge in [0.1, 0.15) is 6.04 Å². The van der Waals surface area contributed by atoms with Crippen LogP contribution < -0.4 is 11.1 Å². The van der Waals surface area contributed by atoms with Gasteiger partial charge < -0.3 is 10.4 Å². The van der Waals surface area contributed by atoms with Crippen molar-refractivity contribution in [3.05, 3.63) is 0 Å². The average Bonchev–Trinajstić information content (AvgIpc) is 1.97. The van der Waals surface area contributed by atoms with E-state index in [1.165, 1.54) is 0 Å². The third-order valence-electron chi connectivity index (χ3n) is 1.54. The number of aliphatic hydroxyl groups is 1. The Morgan fingerprint density at radius 3 is 2.42 bits per heavy atom. The first kappa shape index (κ1) is 11.4. The van der Waals surface area contributed by atoms with Crippen LogP contribution in [-0.4, -0.2) is 30.2 Å². The monoisotopic (exact) mass is 173 g/mol. The highest BCUT2D eigenvalue weighted by atomic mass is 16.3. The molecule has 0 aromatic carbocycles. The summed E-state index contributed by atoms with van der Waals surface area (Å²) in [4.78, 5) is 11.1. The van der Waals surface area contributed by atoms with E-state index in [1.54, 1.807) is 0 Å². The lowest BCUT2D eigenvalue weighted by Crippen LogP contribution is -2.44. The SMILES string of the molecule is CC(C)(C)C([NH])C(=O)NCCO. The van der Waals surface area contributed by atoms with Crippen molar-refractivity contribution < 1.29 is 9.90 Å². The van der Waals surface area contributed by atoms with Crippen molar-refractivity contribution in [3.63, 3.8) is 0 Å². The molecule has 3 N–H and O–H groups in total. The molecule has 0 heterocycles. The lowest BCUT2D eigenvalue weighted by molar-refractivity contribution is -0.124. The Morgan fingerprint density at radius 1 is 1.58 bits per heavy atom. The van der Waals surface area contributed by atoms with Gasteiger partial charge >= 0.3 is 0 Å². The van der Waals surface area contributed by atoms with Crippen molar-refractivity contribution >= 4 is 5.91 Å². The number of amides is 1. The maximum absolute atomic E-state index is 11.1. The van der Waals surface area contributed by atoms with E-state index in [4.69, 9.17) is 10.8 Å². The number of carbonyl (C=O) groups is 1. The lowest BCUT2D eigenvalue weighted by Gasteiger charge is -2.24. The summed E-state index contributed by atoms with van der Waals surface area (Å²) in [6.45, 7) is 5.66. The first-order chi connectivity index (χ1) is 5.39. The molecule has 1 radical (unpaired) electrons. The van der Waals surface area contributed by atoms with Crippen molar-refractivity contribution in [2.24, 2.45) is 5.41 Å². The predicted octanol–water partition coefficient (Wildman–Crippen LogP) is -0.208. The summed E-state index contributed by atoms with van der Waals surface area (Å²) in [6, 6.07) is -0.774. The lowest BCUT2D eigenvalue weighted by atomic mass is 9.87. The maximum atomic E-state index is 11.1. The number of hydrogen-bond donors (Lipinski definition) is 2. The molecule has 0 aliphatic carbocycles. The molecule has 1 unspecified atom stereocenters. The van der Waals surface area contributed by atoms with Crippen LogP contribution in [0.3, 0.4) is 0 Å². The minimum atomic E-state index is -0.774. The molecule has 0 saturated carbocycles. The van der Waals surface area contributed by atoms with E-state index >= 15 is 0 Å². The van der Waals surface area contributed by atoms with Crippen molar-refractivity contribution in [3.8, 4) is 0 Å². The summed E-state index contributed by atoms with van der Waals surface area (Å²) in [5.74, 6) is -0.323. The van der Waals surface area contributed by atoms with E-state index in [0.29, 0.717) is 0 Å². The molecule has 0 rings (SSSR count). The van der Waals surface area contributed by atoms with Crippen LogP contribution in [-0.2, 0) is 4.79 Å². The fraction of sp³-hybridized carbons (Fsp3) is 0.875. The highest BCUT2D eigenvalue weighted by Crippen LogP contribution is 2.18. The molecule has 0 aromatic rings. The second-order valence-electron chi connectivity index (χ2n) is 3.81. The summed E-state index contributed by atoms with van der Waals surface area (Å²) < 4.78 is 0. The van der Waals surface area contributed by atoms with Gasteiger partial charge in [-0.05, 0) is 5.41 Å². The Labute approximate surface area is 73.1 Å². The molecule has 4 heteroatoms. The third-order valence-corrected chi connectivity index (χ3v) is 1.54. The molecule has 0 aromatic heterocycles. The van der Waals surface area contributed by atoms with Crippen molar-refractivity contribution in [2.75, 3.05) is 13.2 Å². The number of carbonyl (C=O) groups excluding carboxylic acids is 1. The van der Waals surface area contributed by atoms with Crippen LogP contribution in [0.4, 0.5) is 0 Å². The Balaban J connectivity index is 3.94. The molecule has 0 bridgehead atoms. The van der Waals surface area contributed by atoms with Crippen LogP contribution in [0.15, 0.2) is 0 Å². The summed E-state index contributed by atoms with van der Waals surface area (Å²) in [5, 5.41) is 10.9. The zero-order valence-electron chi connectivity index (χ0n) is 7.85. The zero-order chi connectivity index (χ0) is 9.78. The molecular weight excluding hydrogens is 156 g/mol. The van der Waals surface area contributed by atoms with Gasteiger partial charge in [-0.25, -0.2) is 5.73 Å². The third kappa shape index (κ3) is 3.69. The van der Waals surface area contributed by atoms with Crippen LogP contribution >= 0.6 is 0 Å². The second kappa shape index (κ2) is 4.42. The molecule has 12 heavy (non-hydrogen) atoms. The van der Waals surface area contributed by atoms with E-state index in [1.807, 2.05) is 20.8 Å². The molecule has 4 nitrogen and oxygen atoms in total. The minimum absolute atomic E-state index is 0.0808. The number of rotatable bonds is 3.